The fraction of sp³-hybridized carbons (Fsp3) is 0.750. The van der Waals surface area contributed by atoms with E-state index in [-0.39, 0.29) is 23.7 Å². The van der Waals surface area contributed by atoms with E-state index in [1.54, 1.807) is 15.6 Å². The molecule has 1 atom stereocenters. The molecule has 0 radical (unpaired) electrons. The van der Waals surface area contributed by atoms with Gasteiger partial charge in [-0.2, -0.15) is 0 Å². The van der Waals surface area contributed by atoms with Crippen molar-refractivity contribution in [3.63, 3.8) is 0 Å². The Morgan fingerprint density at radius 1 is 1.32 bits per heavy atom. The number of carbonyl (C=O) groups is 1. The number of piperidine rings is 1. The number of amides is 1. The lowest BCUT2D eigenvalue weighted by Crippen LogP contribution is -2.46. The minimum Gasteiger partial charge on any atom is -0.376 e. The number of carbonyl (C=O) groups excluding carboxylic acids is 1. The standard InChI is InChI=1S/C20H32N2O4S2/c1-2-3-14-28(24,25)22-10-8-17(9-11-22)20(23)21(15-18-6-4-12-26-18)16-19-7-5-13-27-19/h5,7,13,17-18H,2-4,6,8-12,14-16H2,1H3. The second-order valence-electron chi connectivity index (χ2n) is 7.78. The van der Waals surface area contributed by atoms with Crippen LogP contribution in [0, 0.1) is 5.92 Å². The first-order valence-corrected chi connectivity index (χ1v) is 12.9. The molecule has 2 aliphatic rings. The van der Waals surface area contributed by atoms with Gasteiger partial charge in [0.25, 0.3) is 0 Å². The lowest BCUT2D eigenvalue weighted by molar-refractivity contribution is -0.139. The van der Waals surface area contributed by atoms with Crippen LogP contribution < -0.4 is 0 Å². The van der Waals surface area contributed by atoms with Crippen molar-refractivity contribution < 1.29 is 17.9 Å². The van der Waals surface area contributed by atoms with E-state index in [1.807, 2.05) is 23.3 Å². The maximum absolute atomic E-state index is 13.2. The first-order valence-electron chi connectivity index (χ1n) is 10.4. The molecule has 1 aromatic rings. The minimum absolute atomic E-state index is 0.0982. The predicted octanol–water partition coefficient (Wildman–Crippen LogP) is 3.10. The smallest absolute Gasteiger partial charge is 0.226 e. The highest BCUT2D eigenvalue weighted by atomic mass is 32.2. The van der Waals surface area contributed by atoms with Crippen molar-refractivity contribution in [2.75, 3.05) is 32.0 Å². The van der Waals surface area contributed by atoms with Gasteiger partial charge in [-0.3, -0.25) is 4.79 Å². The summed E-state index contributed by atoms with van der Waals surface area (Å²) in [6.45, 7) is 4.93. The molecule has 2 fully saturated rings. The molecular formula is C20H32N2O4S2. The van der Waals surface area contributed by atoms with E-state index in [1.165, 1.54) is 4.88 Å². The van der Waals surface area contributed by atoms with Crippen LogP contribution in [0.15, 0.2) is 17.5 Å². The molecule has 1 amide bonds. The average molecular weight is 429 g/mol. The van der Waals surface area contributed by atoms with Crippen LogP contribution in [-0.4, -0.2) is 61.6 Å². The Kier molecular flexibility index (Phi) is 7.91. The average Bonchev–Trinajstić information content (AvgIpc) is 3.40. The molecule has 3 rings (SSSR count). The second-order valence-corrected chi connectivity index (χ2v) is 10.9. The van der Waals surface area contributed by atoms with E-state index in [0.29, 0.717) is 45.4 Å². The number of nitrogens with zero attached hydrogens (tertiary/aromatic N) is 2. The summed E-state index contributed by atoms with van der Waals surface area (Å²) >= 11 is 1.66. The van der Waals surface area contributed by atoms with Gasteiger partial charge >= 0.3 is 0 Å². The molecule has 2 aliphatic heterocycles. The van der Waals surface area contributed by atoms with E-state index < -0.39 is 10.0 Å². The van der Waals surface area contributed by atoms with Crippen LogP contribution in [0.3, 0.4) is 0 Å². The second kappa shape index (κ2) is 10.2. The largest absolute Gasteiger partial charge is 0.376 e. The first-order chi connectivity index (χ1) is 13.5. The summed E-state index contributed by atoms with van der Waals surface area (Å²) in [6, 6.07) is 4.07. The van der Waals surface area contributed by atoms with Gasteiger partial charge in [0.1, 0.15) is 0 Å². The fourth-order valence-corrected chi connectivity index (χ4v) is 6.35. The zero-order valence-electron chi connectivity index (χ0n) is 16.7. The molecule has 3 heterocycles. The summed E-state index contributed by atoms with van der Waals surface area (Å²) in [5, 5.41) is 2.03. The van der Waals surface area contributed by atoms with E-state index in [2.05, 4.69) is 6.07 Å². The topological polar surface area (TPSA) is 66.9 Å². The number of thiophene rings is 1. The number of rotatable bonds is 9. The Morgan fingerprint density at radius 2 is 2.11 bits per heavy atom. The number of hydrogen-bond donors (Lipinski definition) is 0. The van der Waals surface area contributed by atoms with Gasteiger partial charge in [0.05, 0.1) is 18.4 Å². The molecule has 8 heteroatoms. The SMILES string of the molecule is CCCCS(=O)(=O)N1CCC(C(=O)N(Cc2cccs2)CC2CCCO2)CC1. The molecule has 6 nitrogen and oxygen atoms in total. The van der Waals surface area contributed by atoms with Gasteiger partial charge in [-0.15, -0.1) is 11.3 Å². The van der Waals surface area contributed by atoms with E-state index >= 15 is 0 Å². The summed E-state index contributed by atoms with van der Waals surface area (Å²) in [4.78, 5) is 16.4. The van der Waals surface area contributed by atoms with Crippen LogP contribution >= 0.6 is 11.3 Å². The molecule has 2 saturated heterocycles. The Bertz CT molecular complexity index is 707. The van der Waals surface area contributed by atoms with Crippen molar-refractivity contribution in [2.45, 2.75) is 58.1 Å². The van der Waals surface area contributed by atoms with Crippen LogP contribution in [-0.2, 0) is 26.1 Å². The van der Waals surface area contributed by atoms with Crippen molar-refractivity contribution in [1.82, 2.24) is 9.21 Å². The Balaban J connectivity index is 1.59. The number of ether oxygens (including phenoxy) is 1. The lowest BCUT2D eigenvalue weighted by Gasteiger charge is -2.34. The van der Waals surface area contributed by atoms with Crippen molar-refractivity contribution in [3.05, 3.63) is 22.4 Å². The quantitative estimate of drug-likeness (QED) is 0.606. The molecule has 1 aromatic heterocycles. The highest BCUT2D eigenvalue weighted by Gasteiger charge is 2.34. The summed E-state index contributed by atoms with van der Waals surface area (Å²) < 4.78 is 32.2. The minimum atomic E-state index is -3.18. The molecule has 1 unspecified atom stereocenters. The first kappa shape index (κ1) is 21.7. The fourth-order valence-electron chi connectivity index (χ4n) is 3.95. The van der Waals surface area contributed by atoms with Gasteiger partial charge < -0.3 is 9.64 Å². The molecule has 28 heavy (non-hydrogen) atoms. The monoisotopic (exact) mass is 428 g/mol. The van der Waals surface area contributed by atoms with Crippen LogP contribution in [0.1, 0.15) is 50.3 Å². The molecule has 0 bridgehead atoms. The number of sulfonamides is 1. The van der Waals surface area contributed by atoms with Crippen LogP contribution in [0.2, 0.25) is 0 Å². The molecular weight excluding hydrogens is 396 g/mol. The number of unbranched alkanes of at least 4 members (excludes halogenated alkanes) is 1. The van der Waals surface area contributed by atoms with Crippen LogP contribution in [0.4, 0.5) is 0 Å². The van der Waals surface area contributed by atoms with Crippen LogP contribution in [0.25, 0.3) is 0 Å². The highest BCUT2D eigenvalue weighted by molar-refractivity contribution is 7.89. The molecule has 0 aromatic carbocycles. The zero-order valence-corrected chi connectivity index (χ0v) is 18.3. The third-order valence-electron chi connectivity index (χ3n) is 5.64. The van der Waals surface area contributed by atoms with E-state index in [4.69, 9.17) is 4.74 Å². The summed E-state index contributed by atoms with van der Waals surface area (Å²) in [5.74, 6) is 0.263. The van der Waals surface area contributed by atoms with Gasteiger partial charge in [-0.1, -0.05) is 19.4 Å². The van der Waals surface area contributed by atoms with Gasteiger partial charge in [0, 0.05) is 37.0 Å². The zero-order chi connectivity index (χ0) is 20.0. The predicted molar refractivity (Wildman–Crippen MR) is 112 cm³/mol. The maximum Gasteiger partial charge on any atom is 0.226 e. The van der Waals surface area contributed by atoms with Gasteiger partial charge in [-0.25, -0.2) is 12.7 Å². The summed E-state index contributed by atoms with van der Waals surface area (Å²) in [6.07, 6.45) is 4.96. The molecule has 0 aliphatic carbocycles. The maximum atomic E-state index is 13.2. The van der Waals surface area contributed by atoms with Crippen molar-refractivity contribution >= 4 is 27.3 Å². The highest BCUT2D eigenvalue weighted by Crippen LogP contribution is 2.25. The van der Waals surface area contributed by atoms with Gasteiger partial charge in [0.2, 0.25) is 15.9 Å². The van der Waals surface area contributed by atoms with Crippen molar-refractivity contribution in [3.8, 4) is 0 Å². The molecule has 0 N–H and O–H groups in total. The molecule has 158 valence electrons. The Hall–Kier alpha value is -0.960. The Morgan fingerprint density at radius 3 is 2.71 bits per heavy atom. The van der Waals surface area contributed by atoms with Crippen molar-refractivity contribution in [2.24, 2.45) is 5.92 Å². The summed E-state index contributed by atoms with van der Waals surface area (Å²) in [7, 11) is -3.18. The number of hydrogen-bond acceptors (Lipinski definition) is 5. The van der Waals surface area contributed by atoms with E-state index in [9.17, 15) is 13.2 Å². The molecule has 0 saturated carbocycles. The lowest BCUT2D eigenvalue weighted by atomic mass is 9.96. The normalized spacial score (nSPS) is 21.8. The third-order valence-corrected chi connectivity index (χ3v) is 8.46. The van der Waals surface area contributed by atoms with Gasteiger partial charge in [0.15, 0.2) is 0 Å². The van der Waals surface area contributed by atoms with Crippen LogP contribution in [0.5, 0.6) is 0 Å². The van der Waals surface area contributed by atoms with Gasteiger partial charge in [-0.05, 0) is 43.6 Å². The van der Waals surface area contributed by atoms with E-state index in [0.717, 1.165) is 25.9 Å². The molecule has 0 spiro atoms. The third kappa shape index (κ3) is 5.78. The Labute approximate surface area is 172 Å². The van der Waals surface area contributed by atoms with Crippen molar-refractivity contribution in [1.29, 1.82) is 0 Å². The summed E-state index contributed by atoms with van der Waals surface area (Å²) in [5.41, 5.74) is 0.